The van der Waals surface area contributed by atoms with Crippen molar-refractivity contribution in [3.05, 3.63) is 40.6 Å². The van der Waals surface area contributed by atoms with Crippen LogP contribution in [-0.4, -0.2) is 41.2 Å². The number of piperidine rings is 1. The highest BCUT2D eigenvalue weighted by Crippen LogP contribution is 2.35. The molecule has 0 aromatic heterocycles. The second-order valence-corrected chi connectivity index (χ2v) is 8.18. The molecular weight excluding hydrogens is 336 g/mol. The Bertz CT molecular complexity index is 758. The Morgan fingerprint density at radius 2 is 1.74 bits per heavy atom. The maximum Gasteiger partial charge on any atom is 0.277 e. The predicted octanol–water partition coefficient (Wildman–Crippen LogP) is 4.31. The maximum absolute atomic E-state index is 13.3. The van der Waals surface area contributed by atoms with Crippen LogP contribution in [0, 0.1) is 19.8 Å². The molecule has 0 unspecified atom stereocenters. The highest BCUT2D eigenvalue weighted by molar-refractivity contribution is 6.35. The quantitative estimate of drug-likeness (QED) is 0.555. The van der Waals surface area contributed by atoms with Crippen LogP contribution in [0.3, 0.4) is 0 Å². The van der Waals surface area contributed by atoms with Crippen LogP contribution in [0.1, 0.15) is 62.6 Å². The number of imide groups is 1. The lowest BCUT2D eigenvalue weighted by atomic mass is 9.95. The predicted molar refractivity (Wildman–Crippen MR) is 109 cm³/mol. The Labute approximate surface area is 163 Å². The van der Waals surface area contributed by atoms with Crippen LogP contribution < -0.4 is 0 Å². The van der Waals surface area contributed by atoms with E-state index in [1.165, 1.54) is 10.5 Å². The van der Waals surface area contributed by atoms with E-state index in [1.54, 1.807) is 0 Å². The van der Waals surface area contributed by atoms with Gasteiger partial charge in [-0.05, 0) is 50.2 Å². The van der Waals surface area contributed by atoms with E-state index >= 15 is 0 Å². The Morgan fingerprint density at radius 1 is 1.04 bits per heavy atom. The topological polar surface area (TPSA) is 40.6 Å². The Morgan fingerprint density at radius 3 is 2.37 bits per heavy atom. The molecule has 4 heteroatoms. The lowest BCUT2D eigenvalue weighted by molar-refractivity contribution is -0.137. The number of carbonyl (C=O) groups excluding carboxylic acids is 2. The lowest BCUT2D eigenvalue weighted by Crippen LogP contribution is -2.38. The van der Waals surface area contributed by atoms with Gasteiger partial charge in [0.1, 0.15) is 5.70 Å². The summed E-state index contributed by atoms with van der Waals surface area (Å²) in [6.45, 7) is 10.7. The van der Waals surface area contributed by atoms with E-state index in [1.807, 2.05) is 19.1 Å². The second kappa shape index (κ2) is 8.28. The minimum atomic E-state index is -0.114. The van der Waals surface area contributed by atoms with E-state index < -0.39 is 0 Å². The number of rotatable bonds is 6. The molecule has 2 aliphatic rings. The monoisotopic (exact) mass is 368 g/mol. The molecule has 0 radical (unpaired) electrons. The fraction of sp³-hybridized carbons (Fsp3) is 0.565. The third-order valence-electron chi connectivity index (χ3n) is 5.88. The van der Waals surface area contributed by atoms with Crippen molar-refractivity contribution in [2.24, 2.45) is 5.92 Å². The van der Waals surface area contributed by atoms with Gasteiger partial charge in [-0.2, -0.15) is 0 Å². The molecule has 27 heavy (non-hydrogen) atoms. The summed E-state index contributed by atoms with van der Waals surface area (Å²) in [4.78, 5) is 30.2. The summed E-state index contributed by atoms with van der Waals surface area (Å²) in [6, 6.07) is 6.13. The smallest absolute Gasteiger partial charge is 0.277 e. The molecule has 3 rings (SSSR count). The zero-order chi connectivity index (χ0) is 19.6. The summed E-state index contributed by atoms with van der Waals surface area (Å²) in [5, 5.41) is 0. The third-order valence-corrected chi connectivity index (χ3v) is 5.88. The van der Waals surface area contributed by atoms with Gasteiger partial charge in [-0.25, -0.2) is 0 Å². The zero-order valence-corrected chi connectivity index (χ0v) is 17.2. The van der Waals surface area contributed by atoms with Crippen molar-refractivity contribution in [3.63, 3.8) is 0 Å². The van der Waals surface area contributed by atoms with Gasteiger partial charge in [-0.1, -0.05) is 50.5 Å². The molecule has 1 fully saturated rings. The highest BCUT2D eigenvalue weighted by Gasteiger charge is 2.42. The van der Waals surface area contributed by atoms with E-state index in [-0.39, 0.29) is 11.8 Å². The molecule has 2 heterocycles. The molecule has 0 atom stereocenters. The van der Waals surface area contributed by atoms with E-state index in [0.717, 1.165) is 56.3 Å². The van der Waals surface area contributed by atoms with Crippen molar-refractivity contribution >= 4 is 17.4 Å². The number of hydrogen-bond donors (Lipinski definition) is 0. The Hall–Kier alpha value is -2.10. The molecule has 0 bridgehead atoms. The van der Waals surface area contributed by atoms with Gasteiger partial charge < -0.3 is 4.90 Å². The molecule has 4 nitrogen and oxygen atoms in total. The highest BCUT2D eigenvalue weighted by atomic mass is 16.2. The molecule has 2 amide bonds. The van der Waals surface area contributed by atoms with Crippen molar-refractivity contribution in [1.29, 1.82) is 0 Å². The molecule has 2 aliphatic heterocycles. The summed E-state index contributed by atoms with van der Waals surface area (Å²) < 4.78 is 0. The van der Waals surface area contributed by atoms with Crippen molar-refractivity contribution in [3.8, 4) is 0 Å². The van der Waals surface area contributed by atoms with Gasteiger partial charge in [-0.3, -0.25) is 14.5 Å². The van der Waals surface area contributed by atoms with Gasteiger partial charge in [0.2, 0.25) is 0 Å². The number of unbranched alkanes of at least 4 members (excludes halogenated alkanes) is 2. The van der Waals surface area contributed by atoms with E-state index in [4.69, 9.17) is 0 Å². The van der Waals surface area contributed by atoms with Gasteiger partial charge in [0.25, 0.3) is 11.8 Å². The number of nitrogens with zero attached hydrogens (tertiary/aromatic N) is 2. The lowest BCUT2D eigenvalue weighted by Gasteiger charge is -2.32. The number of likely N-dealkylation sites (tertiary alicyclic amines) is 1. The van der Waals surface area contributed by atoms with Crippen LogP contribution in [0.15, 0.2) is 23.9 Å². The van der Waals surface area contributed by atoms with Crippen molar-refractivity contribution in [1.82, 2.24) is 9.80 Å². The first-order chi connectivity index (χ1) is 12.9. The van der Waals surface area contributed by atoms with Crippen molar-refractivity contribution < 1.29 is 9.59 Å². The Kier molecular flexibility index (Phi) is 6.03. The minimum Gasteiger partial charge on any atom is -0.366 e. The van der Waals surface area contributed by atoms with Crippen LogP contribution in [-0.2, 0) is 9.59 Å². The van der Waals surface area contributed by atoms with Crippen LogP contribution in [0.25, 0.3) is 5.57 Å². The first kappa shape index (κ1) is 19.7. The van der Waals surface area contributed by atoms with Gasteiger partial charge in [0, 0.05) is 19.6 Å². The summed E-state index contributed by atoms with van der Waals surface area (Å²) in [7, 11) is 0. The van der Waals surface area contributed by atoms with Gasteiger partial charge in [0.15, 0.2) is 0 Å². The normalized spacial score (nSPS) is 18.8. The van der Waals surface area contributed by atoms with E-state index in [9.17, 15) is 9.59 Å². The van der Waals surface area contributed by atoms with Gasteiger partial charge >= 0.3 is 0 Å². The molecule has 0 N–H and O–H groups in total. The van der Waals surface area contributed by atoms with Crippen LogP contribution >= 0.6 is 0 Å². The average Bonchev–Trinajstić information content (AvgIpc) is 2.87. The molecule has 1 aromatic rings. The maximum atomic E-state index is 13.3. The molecule has 1 aromatic carbocycles. The number of amides is 2. The van der Waals surface area contributed by atoms with Gasteiger partial charge in [-0.15, -0.1) is 0 Å². The Balaban J connectivity index is 2.00. The van der Waals surface area contributed by atoms with Crippen molar-refractivity contribution in [2.45, 2.75) is 59.8 Å². The summed E-state index contributed by atoms with van der Waals surface area (Å²) >= 11 is 0. The van der Waals surface area contributed by atoms with E-state index in [2.05, 4.69) is 31.7 Å². The first-order valence-electron chi connectivity index (χ1n) is 10.4. The molecule has 1 saturated heterocycles. The standard InChI is InChI=1S/C23H32N2O2/c1-5-6-7-12-25-22(26)20(19-9-8-17(3)15-18(19)4)21(23(25)27)24-13-10-16(2)11-14-24/h8-9,15-16H,5-7,10-14H2,1-4H3. The fourth-order valence-electron chi connectivity index (χ4n) is 4.15. The first-order valence-corrected chi connectivity index (χ1v) is 10.4. The third kappa shape index (κ3) is 3.95. The summed E-state index contributed by atoms with van der Waals surface area (Å²) in [5.41, 5.74) is 4.38. The SMILES string of the molecule is CCCCCN1C(=O)C(c2ccc(C)cc2C)=C(N2CCC(C)CC2)C1=O. The van der Waals surface area contributed by atoms with Crippen LogP contribution in [0.5, 0.6) is 0 Å². The molecule has 0 saturated carbocycles. The van der Waals surface area contributed by atoms with E-state index in [0.29, 0.717) is 23.7 Å². The molecule has 0 aliphatic carbocycles. The van der Waals surface area contributed by atoms with Crippen LogP contribution in [0.4, 0.5) is 0 Å². The largest absolute Gasteiger partial charge is 0.366 e. The summed E-state index contributed by atoms with van der Waals surface area (Å²) in [6.07, 6.45) is 5.12. The number of hydrogen-bond acceptors (Lipinski definition) is 3. The molecular formula is C23H32N2O2. The minimum absolute atomic E-state index is 0.0966. The van der Waals surface area contributed by atoms with Gasteiger partial charge in [0.05, 0.1) is 5.57 Å². The number of benzene rings is 1. The molecule has 146 valence electrons. The van der Waals surface area contributed by atoms with Crippen LogP contribution in [0.2, 0.25) is 0 Å². The summed E-state index contributed by atoms with van der Waals surface area (Å²) in [5.74, 6) is 0.469. The second-order valence-electron chi connectivity index (χ2n) is 8.18. The number of aryl methyl sites for hydroxylation is 2. The average molecular weight is 369 g/mol. The fourth-order valence-corrected chi connectivity index (χ4v) is 4.15. The van der Waals surface area contributed by atoms with Crippen molar-refractivity contribution in [2.75, 3.05) is 19.6 Å². The number of carbonyl (C=O) groups is 2. The molecule has 0 spiro atoms. The zero-order valence-electron chi connectivity index (χ0n) is 17.2.